The van der Waals surface area contributed by atoms with Gasteiger partial charge >= 0.3 is 6.09 Å². The molecule has 1 aromatic rings. The van der Waals surface area contributed by atoms with Crippen LogP contribution in [0.2, 0.25) is 0 Å². The molecule has 0 aromatic heterocycles. The Labute approximate surface area is 249 Å². The summed E-state index contributed by atoms with van der Waals surface area (Å²) in [5.41, 5.74) is 2.74. The van der Waals surface area contributed by atoms with Crippen LogP contribution in [0.4, 0.5) is 10.5 Å². The molecule has 0 fully saturated rings. The first-order valence-corrected chi connectivity index (χ1v) is 14.3. The number of phenolic OH excluding ortho intramolecular Hbond substituents is 1. The molecule has 0 aliphatic heterocycles. The number of hydrogen-bond acceptors (Lipinski definition) is 11. The van der Waals surface area contributed by atoms with Gasteiger partial charge in [-0.25, -0.2) is 4.79 Å². The van der Waals surface area contributed by atoms with Crippen LogP contribution in [0.25, 0.3) is 0 Å². The van der Waals surface area contributed by atoms with E-state index >= 15 is 0 Å². The predicted octanol–water partition coefficient (Wildman–Crippen LogP) is 1.60. The van der Waals surface area contributed by atoms with Crippen molar-refractivity contribution in [3.8, 4) is 5.75 Å². The van der Waals surface area contributed by atoms with Gasteiger partial charge in [-0.1, -0.05) is 19.8 Å². The summed E-state index contributed by atoms with van der Waals surface area (Å²) in [5, 5.41) is 48.0. The van der Waals surface area contributed by atoms with E-state index in [1.165, 1.54) is 4.90 Å². The lowest BCUT2D eigenvalue weighted by Crippen LogP contribution is -2.63. The molecule has 0 unspecified atom stereocenters. The van der Waals surface area contributed by atoms with Crippen LogP contribution in [0.1, 0.15) is 54.1 Å². The van der Waals surface area contributed by atoms with Gasteiger partial charge in [-0.15, -0.1) is 0 Å². The molecule has 43 heavy (non-hydrogen) atoms. The van der Waals surface area contributed by atoms with Crippen LogP contribution < -0.4 is 16.0 Å². The Balaban J connectivity index is 1.79. The molecule has 13 nitrogen and oxygen atoms in total. The van der Waals surface area contributed by atoms with E-state index in [1.54, 1.807) is 39.2 Å². The number of aliphatic hydroxyl groups is 3. The van der Waals surface area contributed by atoms with E-state index in [0.717, 1.165) is 12.8 Å². The van der Waals surface area contributed by atoms with Crippen molar-refractivity contribution in [3.63, 3.8) is 0 Å². The number of aliphatic hydroxyl groups excluding tert-OH is 2. The second-order valence-corrected chi connectivity index (χ2v) is 11.8. The molecule has 13 heteroatoms. The van der Waals surface area contributed by atoms with Crippen LogP contribution in [-0.4, -0.2) is 95.3 Å². The number of amides is 2. The zero-order valence-electron chi connectivity index (χ0n) is 25.1. The number of ether oxygens (including phenoxy) is 1. The highest BCUT2D eigenvalue weighted by Crippen LogP contribution is 2.53. The third-order valence-electron chi connectivity index (χ3n) is 8.66. The number of nitrogens with one attached hydrogen (secondary N) is 1. The number of nitrogens with two attached hydrogens (primary N) is 1. The Kier molecular flexibility index (Phi) is 8.80. The molecular weight excluding hydrogens is 560 g/mol. The van der Waals surface area contributed by atoms with Crippen LogP contribution in [0, 0.1) is 11.8 Å². The normalized spacial score (nSPS) is 24.9. The fourth-order valence-electron chi connectivity index (χ4n) is 6.62. The highest BCUT2D eigenvalue weighted by atomic mass is 16.5. The van der Waals surface area contributed by atoms with Crippen molar-refractivity contribution in [2.45, 2.75) is 57.2 Å². The van der Waals surface area contributed by atoms with Crippen LogP contribution in [-0.2, 0) is 27.3 Å². The van der Waals surface area contributed by atoms with Crippen molar-refractivity contribution in [3.05, 3.63) is 45.4 Å². The zero-order chi connectivity index (χ0) is 32.0. The number of aromatic hydroxyl groups is 1. The first-order valence-electron chi connectivity index (χ1n) is 14.3. The monoisotopic (exact) mass is 600 g/mol. The number of ketones is 2. The number of Topliss-reactive ketones (excluding diaryl/α,β-unsaturated/α-hetero) is 2. The van der Waals surface area contributed by atoms with Crippen molar-refractivity contribution in [2.24, 2.45) is 17.6 Å². The number of alkyl carbamates (subject to hydrolysis) is 1. The second kappa shape index (κ2) is 11.9. The van der Waals surface area contributed by atoms with Gasteiger partial charge in [0.25, 0.3) is 5.91 Å². The summed E-state index contributed by atoms with van der Waals surface area (Å²) in [5.74, 6) is -7.14. The van der Waals surface area contributed by atoms with Crippen molar-refractivity contribution < 1.29 is 44.3 Å². The molecule has 0 heterocycles. The van der Waals surface area contributed by atoms with E-state index in [9.17, 15) is 39.6 Å². The first-order chi connectivity index (χ1) is 20.2. The van der Waals surface area contributed by atoms with Crippen molar-refractivity contribution in [1.29, 1.82) is 0 Å². The first kappa shape index (κ1) is 31.8. The molecular formula is C30H40N4O9. The topological polar surface area (TPSA) is 203 Å². The summed E-state index contributed by atoms with van der Waals surface area (Å²) in [6.45, 7) is 2.11. The molecule has 4 atom stereocenters. The zero-order valence-corrected chi connectivity index (χ0v) is 25.1. The summed E-state index contributed by atoms with van der Waals surface area (Å²) in [6.07, 6.45) is 2.06. The molecule has 7 N–H and O–H groups in total. The number of likely N-dealkylation sites (N-methyl/N-ethyl adjacent to an activating group) is 1. The molecule has 0 radical (unpaired) electrons. The minimum Gasteiger partial charge on any atom is -0.510 e. The van der Waals surface area contributed by atoms with Gasteiger partial charge in [0.2, 0.25) is 5.78 Å². The lowest BCUT2D eigenvalue weighted by Gasteiger charge is -2.50. The fraction of sp³-hybridized carbons (Fsp3) is 0.533. The van der Waals surface area contributed by atoms with Gasteiger partial charge in [0.15, 0.2) is 11.4 Å². The molecule has 3 aliphatic carbocycles. The SMILES string of the molecule is CCCCCOC(=O)NCc1cc(N(C)C)c2c(c1O)C(=O)C1=C(O)[C@]3(O)C(=O)C(C(N)=O)=C(O)[C@@H](N(C)C)[C@@H]3C[C@@H]1C2. The largest absolute Gasteiger partial charge is 0.510 e. The molecule has 0 saturated heterocycles. The Hall–Kier alpha value is -4.10. The molecule has 2 amide bonds. The van der Waals surface area contributed by atoms with Gasteiger partial charge in [0, 0.05) is 43.4 Å². The third kappa shape index (κ3) is 5.20. The highest BCUT2D eigenvalue weighted by molar-refractivity contribution is 6.25. The van der Waals surface area contributed by atoms with Crippen molar-refractivity contribution in [1.82, 2.24) is 10.2 Å². The number of benzene rings is 1. The van der Waals surface area contributed by atoms with Crippen LogP contribution >= 0.6 is 0 Å². The molecule has 0 bridgehead atoms. The number of phenols is 1. The lowest BCUT2D eigenvalue weighted by molar-refractivity contribution is -0.148. The van der Waals surface area contributed by atoms with E-state index in [1.807, 2.05) is 6.92 Å². The number of primary amides is 1. The Bertz CT molecular complexity index is 1430. The number of rotatable bonds is 9. The summed E-state index contributed by atoms with van der Waals surface area (Å²) in [6, 6.07) is 0.592. The summed E-state index contributed by atoms with van der Waals surface area (Å²) in [4.78, 5) is 55.2. The number of carbonyl (C=O) groups is 4. The Morgan fingerprint density at radius 1 is 1.14 bits per heavy atom. The highest BCUT2D eigenvalue weighted by Gasteiger charge is 2.63. The van der Waals surface area contributed by atoms with Gasteiger partial charge in [0.1, 0.15) is 22.8 Å². The number of fused-ring (bicyclic) bond motifs is 3. The van der Waals surface area contributed by atoms with E-state index < -0.39 is 69.9 Å². The quantitative estimate of drug-likeness (QED) is 0.177. The minimum absolute atomic E-state index is 0.00737. The molecule has 0 spiro atoms. The maximum Gasteiger partial charge on any atom is 0.407 e. The van der Waals surface area contributed by atoms with Crippen LogP contribution in [0.3, 0.4) is 0 Å². The molecule has 234 valence electrons. The average molecular weight is 601 g/mol. The van der Waals surface area contributed by atoms with Gasteiger partial charge < -0.3 is 41.1 Å². The number of allylic oxidation sites excluding steroid dienone is 1. The maximum absolute atomic E-state index is 14.1. The number of nitrogens with zero attached hydrogens (tertiary/aromatic N) is 2. The Morgan fingerprint density at radius 2 is 1.81 bits per heavy atom. The number of carbonyl (C=O) groups excluding carboxylic acids is 4. The average Bonchev–Trinajstić information content (AvgIpc) is 2.92. The standard InChI is InChI=1S/C30H40N4O9/c1-6-7-8-9-43-29(41)32-13-15-12-18(33(2)3)16-10-14-11-17-22(34(4)5)25(37)21(28(31)40)27(39)30(17,42)26(38)19(14)24(36)20(16)23(15)35/h12,14,17,22,35,37-38,42H,6-11,13H2,1-5H3,(H2,31,40)(H,32,41)/t14-,17-,22-,30-/m0/s1. The van der Waals surface area contributed by atoms with E-state index in [2.05, 4.69) is 5.32 Å². The number of anilines is 1. The number of hydrogen-bond donors (Lipinski definition) is 6. The van der Waals surface area contributed by atoms with E-state index in [0.29, 0.717) is 17.7 Å². The predicted molar refractivity (Wildman–Crippen MR) is 156 cm³/mol. The minimum atomic E-state index is -2.72. The smallest absolute Gasteiger partial charge is 0.407 e. The lowest BCUT2D eigenvalue weighted by atomic mass is 9.58. The Morgan fingerprint density at radius 3 is 2.40 bits per heavy atom. The van der Waals surface area contributed by atoms with Gasteiger partial charge in [-0.3, -0.25) is 19.3 Å². The van der Waals surface area contributed by atoms with Gasteiger partial charge in [-0.2, -0.15) is 0 Å². The second-order valence-electron chi connectivity index (χ2n) is 11.8. The summed E-state index contributed by atoms with van der Waals surface area (Å²) >= 11 is 0. The fourth-order valence-corrected chi connectivity index (χ4v) is 6.62. The van der Waals surface area contributed by atoms with E-state index in [4.69, 9.17) is 10.5 Å². The third-order valence-corrected chi connectivity index (χ3v) is 8.66. The van der Waals surface area contributed by atoms with Crippen molar-refractivity contribution in [2.75, 3.05) is 39.7 Å². The van der Waals surface area contributed by atoms with E-state index in [-0.39, 0.29) is 42.7 Å². The van der Waals surface area contributed by atoms with Crippen LogP contribution in [0.15, 0.2) is 28.7 Å². The summed E-state index contributed by atoms with van der Waals surface area (Å²) in [7, 11) is 6.67. The molecule has 1 aromatic carbocycles. The van der Waals surface area contributed by atoms with Crippen molar-refractivity contribution >= 4 is 29.3 Å². The summed E-state index contributed by atoms with van der Waals surface area (Å²) < 4.78 is 5.16. The van der Waals surface area contributed by atoms with Gasteiger partial charge in [0.05, 0.1) is 18.2 Å². The molecule has 0 saturated carbocycles. The molecule has 4 rings (SSSR count). The maximum atomic E-state index is 14.1. The van der Waals surface area contributed by atoms with Crippen LogP contribution in [0.5, 0.6) is 5.75 Å². The van der Waals surface area contributed by atoms with Gasteiger partial charge in [-0.05, 0) is 50.9 Å². The molecule has 3 aliphatic rings. The number of unbranched alkanes of at least 4 members (excludes halogenated alkanes) is 2.